The smallest absolute Gasteiger partial charge is 0.258 e. The number of ether oxygens (including phenoxy) is 3. The van der Waals surface area contributed by atoms with E-state index >= 15 is 0 Å². The van der Waals surface area contributed by atoms with Crippen molar-refractivity contribution in [3.63, 3.8) is 0 Å². The van der Waals surface area contributed by atoms with Gasteiger partial charge >= 0.3 is 0 Å². The molecule has 2 unspecified atom stereocenters. The summed E-state index contributed by atoms with van der Waals surface area (Å²) in [6.07, 6.45) is 3.84. The zero-order valence-corrected chi connectivity index (χ0v) is 43.2. The number of nitrogens with one attached hydrogen (secondary N) is 4. The van der Waals surface area contributed by atoms with Gasteiger partial charge in [0, 0.05) is 68.9 Å². The number of halogens is 2. The normalized spacial score (nSPS) is 17.0. The number of aromatic nitrogens is 3. The lowest BCUT2D eigenvalue weighted by Crippen LogP contribution is -2.59. The zero-order chi connectivity index (χ0) is 50.3. The van der Waals surface area contributed by atoms with Crippen molar-refractivity contribution in [1.82, 2.24) is 40.3 Å². The number of anilines is 3. The maximum absolute atomic E-state index is 14.6. The lowest BCUT2D eigenvalue weighted by atomic mass is 10.0. The summed E-state index contributed by atoms with van der Waals surface area (Å²) in [4.78, 5) is 70.7. The van der Waals surface area contributed by atoms with Crippen LogP contribution in [-0.4, -0.2) is 169 Å². The number of benzene rings is 2. The maximum Gasteiger partial charge on any atom is 0.258 e. The van der Waals surface area contributed by atoms with Gasteiger partial charge in [0.2, 0.25) is 11.9 Å². The first-order valence-electron chi connectivity index (χ1n) is 23.6. The minimum absolute atomic E-state index is 0.0731. The van der Waals surface area contributed by atoms with Crippen LogP contribution in [0.4, 0.5) is 21.8 Å². The number of alkyl halides is 1. The van der Waals surface area contributed by atoms with E-state index in [0.717, 1.165) is 38.2 Å². The number of hydrogen-bond acceptors (Lipinski definition) is 16. The Balaban J connectivity index is 0.000000453. The number of amides is 3. The highest BCUT2D eigenvalue weighted by Crippen LogP contribution is 2.41. The first-order chi connectivity index (χ1) is 33.7. The molecule has 2 saturated heterocycles. The Morgan fingerprint density at radius 2 is 1.74 bits per heavy atom. The fraction of sp³-hybridized carbons (Fsp3) is 0.531. The second-order valence-electron chi connectivity index (χ2n) is 17.7. The van der Waals surface area contributed by atoms with Gasteiger partial charge in [-0.2, -0.15) is 16.7 Å². The van der Waals surface area contributed by atoms with E-state index in [0.29, 0.717) is 98.4 Å². The van der Waals surface area contributed by atoms with Crippen LogP contribution in [0.5, 0.6) is 5.75 Å². The molecule has 2 aliphatic heterocycles. The molecule has 0 bridgehead atoms. The van der Waals surface area contributed by atoms with Crippen LogP contribution in [0.1, 0.15) is 61.1 Å². The van der Waals surface area contributed by atoms with Gasteiger partial charge in [0.25, 0.3) is 11.8 Å². The van der Waals surface area contributed by atoms with E-state index in [2.05, 4.69) is 65.4 Å². The largest absolute Gasteiger partial charge is 0.495 e. The van der Waals surface area contributed by atoms with Gasteiger partial charge in [0.15, 0.2) is 5.67 Å². The molecule has 4 N–H and O–H groups in total. The summed E-state index contributed by atoms with van der Waals surface area (Å²) in [6, 6.07) is 12.3. The second-order valence-corrected chi connectivity index (χ2v) is 20.7. The number of methoxy groups -OCH3 is 1. The van der Waals surface area contributed by atoms with Crippen molar-refractivity contribution in [2.75, 3.05) is 103 Å². The summed E-state index contributed by atoms with van der Waals surface area (Å²) in [5, 5.41) is 12.2. The number of thioether (sulfide) groups is 1. The quantitative estimate of drug-likeness (QED) is 0.0482. The van der Waals surface area contributed by atoms with Gasteiger partial charge in [0.05, 0.1) is 67.5 Å². The van der Waals surface area contributed by atoms with Gasteiger partial charge in [-0.25, -0.2) is 14.4 Å². The molecule has 70 heavy (non-hydrogen) atoms. The standard InChI is InChI=1S/C37H52ClFN8O7S.C12H14N2S/c1-36(2,30(43-34(51)37(39)9-10-37)33(50)47-11-5-6-26(47)24-48)55-21-20-54-19-18-53-17-16-45-12-14-46(15-13-45)32(49)25-7-8-28(29(22-25)52-4)42-35-41-23-27(38)31(40-3)44-35;1-9-12(15-8-14-9)11-5-3-10(4-6-11)7-13-2/h7-8,22-24,26,30H,5-6,9-21H2,1-4H3,(H,43,51)(H2,40,41,42,44);3-6,8,13H,7H2,1-2H3. The highest BCUT2D eigenvalue weighted by atomic mass is 35.5. The summed E-state index contributed by atoms with van der Waals surface area (Å²) in [5.74, 6) is 0.641. The Morgan fingerprint density at radius 1 is 1.01 bits per heavy atom. The number of piperazine rings is 1. The number of likely N-dealkylation sites (tertiary alicyclic amines) is 1. The number of aryl methyl sites for hydroxylation is 1. The fourth-order valence-corrected chi connectivity index (χ4v) is 10.1. The molecule has 3 amide bonds. The van der Waals surface area contributed by atoms with E-state index in [1.165, 1.54) is 46.0 Å². The Hall–Kier alpha value is -4.96. The Bertz CT molecular complexity index is 2370. The maximum atomic E-state index is 14.6. The van der Waals surface area contributed by atoms with Crippen LogP contribution in [0.25, 0.3) is 10.4 Å². The molecule has 7 rings (SSSR count). The predicted octanol–water partition coefficient (Wildman–Crippen LogP) is 6.24. The van der Waals surface area contributed by atoms with Crippen molar-refractivity contribution in [2.24, 2.45) is 0 Å². The molecule has 0 radical (unpaired) electrons. The number of rotatable bonds is 23. The Labute approximate surface area is 423 Å². The van der Waals surface area contributed by atoms with Crippen molar-refractivity contribution in [3.8, 4) is 16.2 Å². The third-order valence-electron chi connectivity index (χ3n) is 12.4. The zero-order valence-electron chi connectivity index (χ0n) is 40.9. The van der Waals surface area contributed by atoms with Crippen molar-refractivity contribution in [1.29, 1.82) is 0 Å². The third kappa shape index (κ3) is 14.8. The van der Waals surface area contributed by atoms with Gasteiger partial charge in [-0.3, -0.25) is 19.3 Å². The highest BCUT2D eigenvalue weighted by Gasteiger charge is 2.53. The van der Waals surface area contributed by atoms with E-state index in [1.807, 2.05) is 38.2 Å². The lowest BCUT2D eigenvalue weighted by molar-refractivity contribution is -0.140. The number of carbonyl (C=O) groups excluding carboxylic acids is 4. The van der Waals surface area contributed by atoms with Crippen molar-refractivity contribution < 1.29 is 37.8 Å². The van der Waals surface area contributed by atoms with Gasteiger partial charge in [0.1, 0.15) is 28.9 Å². The molecule has 4 heterocycles. The summed E-state index contributed by atoms with van der Waals surface area (Å²) in [6.45, 7) is 12.2. The SMILES string of the molecule is CNCc1ccc(-c2scnc2C)cc1.CNc1nc(Nc2ccc(C(=O)N3CCN(CCOCCOCCSC(C)(C)C(NC(=O)C4(F)CC4)C(=O)N4CCCC4C=O)CC3)cc2OC)ncc1Cl. The van der Waals surface area contributed by atoms with Gasteiger partial charge in [-0.15, -0.1) is 11.3 Å². The molecule has 0 spiro atoms. The number of aldehydes is 1. The Kier molecular flexibility index (Phi) is 20.2. The third-order valence-corrected chi connectivity index (χ3v) is 15.0. The van der Waals surface area contributed by atoms with Crippen LogP contribution in [0.2, 0.25) is 5.02 Å². The molecule has 1 saturated carbocycles. The molecule has 17 nitrogen and oxygen atoms in total. The van der Waals surface area contributed by atoms with E-state index in [1.54, 1.807) is 36.6 Å². The first kappa shape index (κ1) is 54.4. The van der Waals surface area contributed by atoms with Gasteiger partial charge in [-0.1, -0.05) is 35.9 Å². The van der Waals surface area contributed by atoms with Crippen LogP contribution in [-0.2, 0) is 30.4 Å². The molecule has 2 atom stereocenters. The van der Waals surface area contributed by atoms with Crippen molar-refractivity contribution >= 4 is 76.2 Å². The van der Waals surface area contributed by atoms with Crippen LogP contribution >= 0.6 is 34.7 Å². The number of hydrogen-bond donors (Lipinski definition) is 4. The minimum Gasteiger partial charge on any atom is -0.495 e. The van der Waals surface area contributed by atoms with Crippen LogP contribution in [0, 0.1) is 6.92 Å². The predicted molar refractivity (Wildman–Crippen MR) is 274 cm³/mol. The summed E-state index contributed by atoms with van der Waals surface area (Å²) in [5.41, 5.74) is 4.79. The summed E-state index contributed by atoms with van der Waals surface area (Å²) < 4.78 is 30.9. The van der Waals surface area contributed by atoms with Crippen LogP contribution < -0.4 is 26.0 Å². The molecular formula is C49H66ClFN10O7S2. The Morgan fingerprint density at radius 3 is 2.39 bits per heavy atom. The average Bonchev–Trinajstić information content (AvgIpc) is 3.70. The summed E-state index contributed by atoms with van der Waals surface area (Å²) >= 11 is 9.24. The molecular weight excluding hydrogens is 959 g/mol. The first-order valence-corrected chi connectivity index (χ1v) is 25.8. The molecule has 4 aromatic rings. The molecule has 2 aromatic heterocycles. The van der Waals surface area contributed by atoms with E-state index < -0.39 is 28.4 Å². The number of thiazole rings is 1. The number of nitrogens with zero attached hydrogens (tertiary/aromatic N) is 6. The fourth-order valence-electron chi connectivity index (χ4n) is 8.03. The average molecular weight is 1030 g/mol. The topological polar surface area (TPSA) is 192 Å². The van der Waals surface area contributed by atoms with Crippen LogP contribution in [0.3, 0.4) is 0 Å². The van der Waals surface area contributed by atoms with Crippen molar-refractivity contribution in [3.05, 3.63) is 76.0 Å². The molecule has 2 aromatic carbocycles. The number of carbonyl (C=O) groups is 4. The van der Waals surface area contributed by atoms with Crippen molar-refractivity contribution in [2.45, 2.75) is 75.5 Å². The molecule has 3 fully saturated rings. The van der Waals surface area contributed by atoms with Crippen LogP contribution in [0.15, 0.2) is 54.2 Å². The van der Waals surface area contributed by atoms with E-state index in [-0.39, 0.29) is 24.7 Å². The molecule has 3 aliphatic rings. The minimum atomic E-state index is -1.92. The second kappa shape index (κ2) is 25.9. The van der Waals surface area contributed by atoms with Gasteiger partial charge in [-0.05, 0) is 82.8 Å². The lowest BCUT2D eigenvalue weighted by Gasteiger charge is -2.37. The van der Waals surface area contributed by atoms with Gasteiger partial charge < -0.3 is 50.1 Å². The summed E-state index contributed by atoms with van der Waals surface area (Å²) in [7, 11) is 5.21. The molecule has 21 heteroatoms. The van der Waals surface area contributed by atoms with E-state index in [4.69, 9.17) is 25.8 Å². The monoisotopic (exact) mass is 1020 g/mol. The highest BCUT2D eigenvalue weighted by molar-refractivity contribution is 8.00. The molecule has 380 valence electrons. The molecule has 1 aliphatic carbocycles. The van der Waals surface area contributed by atoms with E-state index in [9.17, 15) is 23.6 Å².